The van der Waals surface area contributed by atoms with E-state index in [9.17, 15) is 9.59 Å². The largest absolute Gasteiger partial charge is 0.310 e. The number of benzene rings is 1. The maximum absolute atomic E-state index is 12.1. The summed E-state index contributed by atoms with van der Waals surface area (Å²) >= 11 is 5.77. The minimum atomic E-state index is -0.292. The Bertz CT molecular complexity index is 907. The lowest BCUT2D eigenvalue weighted by Crippen LogP contribution is -2.18. The molecule has 0 saturated carbocycles. The Morgan fingerprint density at radius 1 is 1.14 bits per heavy atom. The maximum atomic E-state index is 12.1. The fraction of sp³-hybridized carbons (Fsp3) is 0.0667. The van der Waals surface area contributed by atoms with E-state index in [0.717, 1.165) is 0 Å². The van der Waals surface area contributed by atoms with Gasteiger partial charge in [0, 0.05) is 5.39 Å². The number of hydrogen-bond donors (Lipinski definition) is 2. The van der Waals surface area contributed by atoms with Crippen LogP contribution in [0.2, 0.25) is 5.15 Å². The molecule has 6 nitrogen and oxygen atoms in total. The molecule has 0 fully saturated rings. The van der Waals surface area contributed by atoms with E-state index < -0.39 is 0 Å². The highest BCUT2D eigenvalue weighted by Crippen LogP contribution is 2.14. The molecule has 3 aromatic rings. The Labute approximate surface area is 130 Å². The number of H-pyrrole nitrogens is 1. The predicted molar refractivity (Wildman–Crippen MR) is 83.9 cm³/mol. The molecule has 110 valence electrons. The molecule has 2 heterocycles. The van der Waals surface area contributed by atoms with E-state index in [4.69, 9.17) is 11.6 Å². The lowest BCUT2D eigenvalue weighted by Gasteiger charge is -2.06. The van der Waals surface area contributed by atoms with E-state index in [-0.39, 0.29) is 17.9 Å². The Morgan fingerprint density at radius 3 is 2.68 bits per heavy atom. The summed E-state index contributed by atoms with van der Waals surface area (Å²) in [4.78, 5) is 27.8. The van der Waals surface area contributed by atoms with E-state index in [0.29, 0.717) is 27.4 Å². The highest BCUT2D eigenvalue weighted by atomic mass is 35.5. The quantitative estimate of drug-likeness (QED) is 0.725. The number of anilines is 1. The van der Waals surface area contributed by atoms with E-state index >= 15 is 0 Å². The third kappa shape index (κ3) is 2.96. The van der Waals surface area contributed by atoms with Gasteiger partial charge in [-0.1, -0.05) is 35.9 Å². The van der Waals surface area contributed by atoms with Gasteiger partial charge in [-0.25, -0.2) is 10.1 Å². The van der Waals surface area contributed by atoms with Crippen molar-refractivity contribution in [2.45, 2.75) is 6.42 Å². The molecule has 0 spiro atoms. The molecule has 1 amide bonds. The summed E-state index contributed by atoms with van der Waals surface area (Å²) in [5.41, 5.74) is 0.214. The smallest absolute Gasteiger partial charge is 0.272 e. The van der Waals surface area contributed by atoms with Crippen LogP contribution in [0.5, 0.6) is 0 Å². The van der Waals surface area contributed by atoms with E-state index in [1.54, 1.807) is 42.5 Å². The molecule has 3 rings (SSSR count). The van der Waals surface area contributed by atoms with Crippen LogP contribution >= 0.6 is 11.6 Å². The van der Waals surface area contributed by atoms with Crippen LogP contribution in [-0.4, -0.2) is 21.1 Å². The molecule has 0 aliphatic carbocycles. The van der Waals surface area contributed by atoms with Gasteiger partial charge in [-0.15, -0.1) is 0 Å². The van der Waals surface area contributed by atoms with Crippen LogP contribution < -0.4 is 10.9 Å². The zero-order chi connectivity index (χ0) is 15.5. The first-order valence-electron chi connectivity index (χ1n) is 6.52. The summed E-state index contributed by atoms with van der Waals surface area (Å²) in [5.74, 6) is 0.0747. The van der Waals surface area contributed by atoms with Crippen LogP contribution in [0.25, 0.3) is 10.8 Å². The molecule has 0 unspecified atom stereocenters. The molecule has 0 bridgehead atoms. The van der Waals surface area contributed by atoms with Crippen molar-refractivity contribution in [2.75, 3.05) is 5.32 Å². The second-order valence-electron chi connectivity index (χ2n) is 4.62. The first-order chi connectivity index (χ1) is 10.6. The van der Waals surface area contributed by atoms with Gasteiger partial charge in [0.1, 0.15) is 11.0 Å². The fourth-order valence-corrected chi connectivity index (χ4v) is 2.29. The Kier molecular flexibility index (Phi) is 3.84. The number of hydrogen-bond acceptors (Lipinski definition) is 4. The molecular weight excluding hydrogens is 304 g/mol. The highest BCUT2D eigenvalue weighted by molar-refractivity contribution is 6.29. The number of aromatic nitrogens is 3. The summed E-state index contributed by atoms with van der Waals surface area (Å²) in [5, 5.41) is 10.5. The van der Waals surface area contributed by atoms with Crippen molar-refractivity contribution in [3.63, 3.8) is 0 Å². The minimum absolute atomic E-state index is 0.0193. The second kappa shape index (κ2) is 5.95. The number of aromatic amines is 1. The zero-order valence-corrected chi connectivity index (χ0v) is 12.1. The van der Waals surface area contributed by atoms with Crippen molar-refractivity contribution in [2.24, 2.45) is 0 Å². The number of carbonyl (C=O) groups excluding carboxylic acids is 1. The van der Waals surface area contributed by atoms with Gasteiger partial charge in [0.2, 0.25) is 5.91 Å². The molecule has 0 radical (unpaired) electrons. The number of rotatable bonds is 3. The molecule has 22 heavy (non-hydrogen) atoms. The normalized spacial score (nSPS) is 10.6. The number of nitrogens with zero attached hydrogens (tertiary/aromatic N) is 2. The second-order valence-corrected chi connectivity index (χ2v) is 5.00. The third-order valence-electron chi connectivity index (χ3n) is 3.09. The summed E-state index contributed by atoms with van der Waals surface area (Å²) < 4.78 is 0. The van der Waals surface area contributed by atoms with Gasteiger partial charge in [0.05, 0.1) is 17.5 Å². The number of halogens is 1. The van der Waals surface area contributed by atoms with Crippen molar-refractivity contribution >= 4 is 34.1 Å². The van der Waals surface area contributed by atoms with Crippen LogP contribution in [0.1, 0.15) is 5.69 Å². The predicted octanol–water partition coefficient (Wildman–Crippen LogP) is 2.15. The van der Waals surface area contributed by atoms with Gasteiger partial charge in [-0.2, -0.15) is 5.10 Å². The van der Waals surface area contributed by atoms with Gasteiger partial charge in [0.15, 0.2) is 0 Å². The van der Waals surface area contributed by atoms with Gasteiger partial charge in [0.25, 0.3) is 5.56 Å². The topological polar surface area (TPSA) is 87.7 Å². The maximum Gasteiger partial charge on any atom is 0.272 e. The molecule has 0 aliphatic heterocycles. The molecular formula is C15H11ClN4O2. The summed E-state index contributed by atoms with van der Waals surface area (Å²) in [6, 6.07) is 12.0. The van der Waals surface area contributed by atoms with E-state index in [1.165, 1.54) is 0 Å². The standard InChI is InChI=1S/C15H11ClN4O2/c16-12-6-3-7-13(17-12)18-14(21)8-11-9-4-1-2-5-10(9)15(22)20-19-11/h1-7H,8H2,(H,20,22)(H,17,18,21). The van der Waals surface area contributed by atoms with Crippen molar-refractivity contribution in [1.82, 2.24) is 15.2 Å². The summed E-state index contributed by atoms with van der Waals surface area (Å²) in [6.45, 7) is 0. The number of pyridine rings is 1. The molecule has 2 aromatic heterocycles. The molecule has 0 saturated heterocycles. The molecule has 0 aliphatic rings. The molecule has 0 atom stereocenters. The minimum Gasteiger partial charge on any atom is -0.310 e. The average molecular weight is 315 g/mol. The average Bonchev–Trinajstić information content (AvgIpc) is 2.50. The lowest BCUT2D eigenvalue weighted by atomic mass is 10.1. The summed E-state index contributed by atoms with van der Waals surface area (Å²) in [6.07, 6.45) is 0.0193. The van der Waals surface area contributed by atoms with E-state index in [1.807, 2.05) is 0 Å². The van der Waals surface area contributed by atoms with Crippen LogP contribution in [0, 0.1) is 0 Å². The van der Waals surface area contributed by atoms with Crippen molar-refractivity contribution in [3.8, 4) is 0 Å². The van der Waals surface area contributed by atoms with E-state index in [2.05, 4.69) is 20.5 Å². The molecule has 2 N–H and O–H groups in total. The van der Waals surface area contributed by atoms with Gasteiger partial charge >= 0.3 is 0 Å². The van der Waals surface area contributed by atoms with Crippen LogP contribution in [0.15, 0.2) is 47.3 Å². The highest BCUT2D eigenvalue weighted by Gasteiger charge is 2.11. The summed E-state index contributed by atoms with van der Waals surface area (Å²) in [7, 11) is 0. The van der Waals surface area contributed by atoms with Crippen LogP contribution in [0.4, 0.5) is 5.82 Å². The van der Waals surface area contributed by atoms with Crippen LogP contribution in [0.3, 0.4) is 0 Å². The molecule has 7 heteroatoms. The number of nitrogens with one attached hydrogen (secondary N) is 2. The van der Waals surface area contributed by atoms with Crippen molar-refractivity contribution in [1.29, 1.82) is 0 Å². The Morgan fingerprint density at radius 2 is 1.91 bits per heavy atom. The third-order valence-corrected chi connectivity index (χ3v) is 3.30. The molecule has 1 aromatic carbocycles. The Hall–Kier alpha value is -2.73. The Balaban J connectivity index is 1.86. The zero-order valence-electron chi connectivity index (χ0n) is 11.3. The SMILES string of the molecule is O=C(Cc1n[nH]c(=O)c2ccccc12)Nc1cccc(Cl)n1. The fourth-order valence-electron chi connectivity index (χ4n) is 2.12. The number of fused-ring (bicyclic) bond motifs is 1. The number of amides is 1. The monoisotopic (exact) mass is 314 g/mol. The van der Waals surface area contributed by atoms with Gasteiger partial charge < -0.3 is 5.32 Å². The van der Waals surface area contributed by atoms with Crippen molar-refractivity contribution < 1.29 is 4.79 Å². The number of carbonyl (C=O) groups is 1. The lowest BCUT2D eigenvalue weighted by molar-refractivity contribution is -0.115. The van der Waals surface area contributed by atoms with Gasteiger partial charge in [-0.3, -0.25) is 9.59 Å². The van der Waals surface area contributed by atoms with Crippen molar-refractivity contribution in [3.05, 3.63) is 63.7 Å². The first kappa shape index (κ1) is 14.2. The van der Waals surface area contributed by atoms with Gasteiger partial charge in [-0.05, 0) is 18.2 Å². The van der Waals surface area contributed by atoms with Crippen LogP contribution in [-0.2, 0) is 11.2 Å². The first-order valence-corrected chi connectivity index (χ1v) is 6.90.